The number of nitrogens with one attached hydrogen (secondary N) is 1. The molecule has 26 heavy (non-hydrogen) atoms. The summed E-state index contributed by atoms with van der Waals surface area (Å²) in [5, 5.41) is 2.57. The molecular formula is C20H22F2N2OS. The number of anilines is 1. The number of amides is 2. The first kappa shape index (κ1) is 18.7. The van der Waals surface area contributed by atoms with Gasteiger partial charge < -0.3 is 10.2 Å². The molecule has 0 radical (unpaired) electrons. The van der Waals surface area contributed by atoms with E-state index in [0.29, 0.717) is 6.54 Å². The van der Waals surface area contributed by atoms with Crippen molar-refractivity contribution in [2.75, 3.05) is 17.6 Å². The molecule has 0 saturated carbocycles. The van der Waals surface area contributed by atoms with Gasteiger partial charge >= 0.3 is 6.03 Å². The van der Waals surface area contributed by atoms with Crippen molar-refractivity contribution in [3.63, 3.8) is 0 Å². The first-order valence-electron chi connectivity index (χ1n) is 8.50. The maximum atomic E-state index is 13.3. The van der Waals surface area contributed by atoms with Crippen molar-refractivity contribution < 1.29 is 13.6 Å². The molecule has 1 unspecified atom stereocenters. The van der Waals surface area contributed by atoms with Crippen LogP contribution in [-0.2, 0) is 5.41 Å². The molecule has 0 aliphatic carbocycles. The van der Waals surface area contributed by atoms with Gasteiger partial charge in [0.05, 0.1) is 0 Å². The first-order chi connectivity index (χ1) is 12.3. The Morgan fingerprint density at radius 3 is 2.42 bits per heavy atom. The Morgan fingerprint density at radius 1 is 1.12 bits per heavy atom. The van der Waals surface area contributed by atoms with Crippen molar-refractivity contribution in [1.82, 2.24) is 4.90 Å². The largest absolute Gasteiger partial charge is 0.323 e. The summed E-state index contributed by atoms with van der Waals surface area (Å²) in [6.45, 7) is 7.08. The number of thioether (sulfide) groups is 1. The molecule has 3 rings (SSSR count). The van der Waals surface area contributed by atoms with Gasteiger partial charge in [0, 0.05) is 24.1 Å². The molecule has 1 N–H and O–H groups in total. The molecule has 6 heteroatoms. The Balaban J connectivity index is 1.75. The Hall–Kier alpha value is -2.08. The predicted octanol–water partition coefficient (Wildman–Crippen LogP) is 5.54. The molecule has 1 heterocycles. The molecule has 1 fully saturated rings. The van der Waals surface area contributed by atoms with Crippen molar-refractivity contribution in [2.24, 2.45) is 0 Å². The third-order valence-corrected chi connectivity index (χ3v) is 5.65. The van der Waals surface area contributed by atoms with Crippen LogP contribution in [0.3, 0.4) is 0 Å². The molecule has 0 bridgehead atoms. The highest BCUT2D eigenvalue weighted by Crippen LogP contribution is 2.38. The highest BCUT2D eigenvalue weighted by atomic mass is 32.2. The predicted molar refractivity (Wildman–Crippen MR) is 102 cm³/mol. The third-order valence-electron chi connectivity index (χ3n) is 4.38. The number of nitrogens with zero attached hydrogens (tertiary/aromatic N) is 1. The van der Waals surface area contributed by atoms with E-state index >= 15 is 0 Å². The SMILES string of the molecule is CC(C)(C)c1ccc(C2SCCN2C(=O)Nc2ccc(F)c(F)c2)cc1. The number of hydrogen-bond acceptors (Lipinski definition) is 2. The fraction of sp³-hybridized carbons (Fsp3) is 0.350. The number of urea groups is 1. The minimum Gasteiger partial charge on any atom is -0.308 e. The Bertz CT molecular complexity index is 802. The van der Waals surface area contributed by atoms with Crippen LogP contribution in [-0.4, -0.2) is 23.2 Å². The number of hydrogen-bond donors (Lipinski definition) is 1. The number of benzene rings is 2. The Morgan fingerprint density at radius 2 is 1.81 bits per heavy atom. The van der Waals surface area contributed by atoms with Gasteiger partial charge in [-0.2, -0.15) is 0 Å². The summed E-state index contributed by atoms with van der Waals surface area (Å²) in [6.07, 6.45) is 0. The lowest BCUT2D eigenvalue weighted by atomic mass is 9.87. The second kappa shape index (κ2) is 7.27. The van der Waals surface area contributed by atoms with Gasteiger partial charge in [0.25, 0.3) is 0 Å². The highest BCUT2D eigenvalue weighted by Gasteiger charge is 2.31. The number of halogens is 2. The van der Waals surface area contributed by atoms with Crippen LogP contribution >= 0.6 is 11.8 Å². The monoisotopic (exact) mass is 376 g/mol. The Kier molecular flexibility index (Phi) is 5.23. The minimum absolute atomic E-state index is 0.0745. The lowest BCUT2D eigenvalue weighted by molar-refractivity contribution is 0.214. The van der Waals surface area contributed by atoms with Gasteiger partial charge in [-0.15, -0.1) is 11.8 Å². The summed E-state index contributed by atoms with van der Waals surface area (Å²) in [7, 11) is 0. The van der Waals surface area contributed by atoms with Crippen LogP contribution in [0.4, 0.5) is 19.3 Å². The normalized spacial score (nSPS) is 17.4. The average molecular weight is 376 g/mol. The summed E-state index contributed by atoms with van der Waals surface area (Å²) in [4.78, 5) is 14.3. The van der Waals surface area contributed by atoms with Crippen LogP contribution in [0.2, 0.25) is 0 Å². The fourth-order valence-electron chi connectivity index (χ4n) is 2.87. The van der Waals surface area contributed by atoms with E-state index in [0.717, 1.165) is 23.4 Å². The minimum atomic E-state index is -0.979. The summed E-state index contributed by atoms with van der Waals surface area (Å²) in [5.41, 5.74) is 2.61. The summed E-state index contributed by atoms with van der Waals surface area (Å²) >= 11 is 1.69. The van der Waals surface area contributed by atoms with Crippen LogP contribution in [0.15, 0.2) is 42.5 Å². The van der Waals surface area contributed by atoms with Crippen molar-refractivity contribution in [3.8, 4) is 0 Å². The quantitative estimate of drug-likeness (QED) is 0.746. The van der Waals surface area contributed by atoms with Crippen molar-refractivity contribution in [3.05, 3.63) is 65.2 Å². The van der Waals surface area contributed by atoms with E-state index in [9.17, 15) is 13.6 Å². The molecule has 1 aliphatic heterocycles. The zero-order valence-electron chi connectivity index (χ0n) is 15.1. The van der Waals surface area contributed by atoms with Crippen molar-refractivity contribution >= 4 is 23.5 Å². The molecule has 0 spiro atoms. The summed E-state index contributed by atoms with van der Waals surface area (Å²) in [6, 6.07) is 11.3. The maximum absolute atomic E-state index is 13.3. The molecule has 2 aromatic carbocycles. The second-order valence-electron chi connectivity index (χ2n) is 7.35. The standard InChI is InChI=1S/C20H22F2N2OS/c1-20(2,3)14-6-4-13(5-7-14)18-24(10-11-26-18)19(25)23-15-8-9-16(21)17(22)12-15/h4-9,12,18H,10-11H2,1-3H3,(H,23,25). The third kappa shape index (κ3) is 4.01. The number of rotatable bonds is 2. The molecule has 2 amide bonds. The van der Waals surface area contributed by atoms with Crippen molar-refractivity contribution in [1.29, 1.82) is 0 Å². The average Bonchev–Trinajstić information content (AvgIpc) is 3.07. The van der Waals surface area contributed by atoms with Gasteiger partial charge in [-0.3, -0.25) is 0 Å². The van der Waals surface area contributed by atoms with Crippen LogP contribution in [0.5, 0.6) is 0 Å². The van der Waals surface area contributed by atoms with E-state index in [2.05, 4.69) is 50.4 Å². The zero-order valence-corrected chi connectivity index (χ0v) is 15.9. The van der Waals surface area contributed by atoms with Gasteiger partial charge in [-0.1, -0.05) is 45.0 Å². The van der Waals surface area contributed by atoms with Crippen LogP contribution in [0.1, 0.15) is 37.3 Å². The number of carbonyl (C=O) groups excluding carboxylic acids is 1. The van der Waals surface area contributed by atoms with Gasteiger partial charge in [-0.25, -0.2) is 13.6 Å². The van der Waals surface area contributed by atoms with Crippen LogP contribution in [0, 0.1) is 11.6 Å². The molecule has 1 aliphatic rings. The zero-order chi connectivity index (χ0) is 18.9. The van der Waals surface area contributed by atoms with Gasteiger partial charge in [0.2, 0.25) is 0 Å². The first-order valence-corrected chi connectivity index (χ1v) is 9.55. The summed E-state index contributed by atoms with van der Waals surface area (Å²) in [5.74, 6) is -1.08. The van der Waals surface area contributed by atoms with E-state index in [-0.39, 0.29) is 22.5 Å². The summed E-state index contributed by atoms with van der Waals surface area (Å²) < 4.78 is 26.4. The smallest absolute Gasteiger partial charge is 0.308 e. The molecule has 2 aromatic rings. The van der Waals surface area contributed by atoms with E-state index in [4.69, 9.17) is 0 Å². The van der Waals surface area contributed by atoms with E-state index in [1.165, 1.54) is 11.6 Å². The molecule has 1 saturated heterocycles. The second-order valence-corrected chi connectivity index (χ2v) is 8.54. The molecule has 0 aromatic heterocycles. The van der Waals surface area contributed by atoms with Crippen LogP contribution in [0.25, 0.3) is 0 Å². The van der Waals surface area contributed by atoms with Gasteiger partial charge in [-0.05, 0) is 28.7 Å². The molecule has 3 nitrogen and oxygen atoms in total. The van der Waals surface area contributed by atoms with E-state index in [1.807, 2.05) is 0 Å². The number of carbonyl (C=O) groups is 1. The maximum Gasteiger partial charge on any atom is 0.323 e. The topological polar surface area (TPSA) is 32.3 Å². The van der Waals surface area contributed by atoms with Crippen molar-refractivity contribution in [2.45, 2.75) is 31.6 Å². The van der Waals surface area contributed by atoms with Crippen LogP contribution < -0.4 is 5.32 Å². The fourth-order valence-corrected chi connectivity index (χ4v) is 4.13. The Labute approximate surface area is 156 Å². The van der Waals surface area contributed by atoms with Gasteiger partial charge in [0.15, 0.2) is 11.6 Å². The molecule has 1 atom stereocenters. The highest BCUT2D eigenvalue weighted by molar-refractivity contribution is 7.99. The lowest BCUT2D eigenvalue weighted by Crippen LogP contribution is -2.34. The van der Waals surface area contributed by atoms with Gasteiger partial charge in [0.1, 0.15) is 5.37 Å². The lowest BCUT2D eigenvalue weighted by Gasteiger charge is -2.25. The molecule has 138 valence electrons. The van der Waals surface area contributed by atoms with E-state index < -0.39 is 11.6 Å². The molecular weight excluding hydrogens is 354 g/mol. The van der Waals surface area contributed by atoms with E-state index in [1.54, 1.807) is 16.7 Å².